The van der Waals surface area contributed by atoms with Gasteiger partial charge in [-0.1, -0.05) is 313 Å². The van der Waals surface area contributed by atoms with Gasteiger partial charge in [-0.15, -0.1) is 0 Å². The van der Waals surface area contributed by atoms with Crippen molar-refractivity contribution in [3.05, 3.63) is 48.6 Å². The quantitative estimate of drug-likeness (QED) is 0.0261. The molecule has 73 heavy (non-hydrogen) atoms. The third-order valence-corrected chi connectivity index (χ3v) is 14.3. The van der Waals surface area contributed by atoms with Gasteiger partial charge in [-0.05, 0) is 57.8 Å². The van der Waals surface area contributed by atoms with Gasteiger partial charge >= 0.3 is 17.9 Å². The Hall–Kier alpha value is -2.63. The van der Waals surface area contributed by atoms with E-state index in [9.17, 15) is 14.4 Å². The zero-order valence-electron chi connectivity index (χ0n) is 48.9. The van der Waals surface area contributed by atoms with E-state index in [0.717, 1.165) is 83.5 Å². The standard InChI is InChI=1S/C67H122O6/c1-4-7-10-13-16-18-20-22-24-26-28-30-31-32-33-34-35-37-38-40-42-44-46-48-51-54-57-60-66(69)72-63-64(62-71-65(68)59-56-53-50-15-12-9-6-3)73-67(70)61-58-55-52-49-47-45-43-41-39-36-29-27-25-23-21-19-17-14-11-8-5-2/h7,10,16,18,22,24,28,30,64H,4-6,8-9,11-15,17,19-21,23,25-27,29,31-63H2,1-3H3/b10-7-,18-16-,24-22-,30-28-. The highest BCUT2D eigenvalue weighted by Crippen LogP contribution is 2.18. The van der Waals surface area contributed by atoms with Crippen LogP contribution in [0.1, 0.15) is 342 Å². The molecule has 1 unspecified atom stereocenters. The topological polar surface area (TPSA) is 78.9 Å². The monoisotopic (exact) mass is 1020 g/mol. The molecule has 1 atom stereocenters. The molecular weight excluding hydrogens is 901 g/mol. The number of esters is 3. The summed E-state index contributed by atoms with van der Waals surface area (Å²) in [4.78, 5) is 38.1. The molecule has 0 radical (unpaired) electrons. The maximum Gasteiger partial charge on any atom is 0.306 e. The Bertz CT molecular complexity index is 1270. The average molecular weight is 1020 g/mol. The lowest BCUT2D eigenvalue weighted by molar-refractivity contribution is -0.167. The number of rotatable bonds is 59. The van der Waals surface area contributed by atoms with Crippen molar-refractivity contribution in [2.24, 2.45) is 0 Å². The van der Waals surface area contributed by atoms with Crippen LogP contribution in [0.15, 0.2) is 48.6 Å². The maximum atomic E-state index is 12.9. The lowest BCUT2D eigenvalue weighted by Crippen LogP contribution is -2.30. The van der Waals surface area contributed by atoms with Crippen molar-refractivity contribution in [2.45, 2.75) is 348 Å². The van der Waals surface area contributed by atoms with Gasteiger partial charge in [0, 0.05) is 19.3 Å². The van der Waals surface area contributed by atoms with E-state index in [1.165, 1.54) is 218 Å². The highest BCUT2D eigenvalue weighted by molar-refractivity contribution is 5.71. The zero-order valence-corrected chi connectivity index (χ0v) is 48.9. The second kappa shape index (κ2) is 61.9. The van der Waals surface area contributed by atoms with Gasteiger partial charge in [0.1, 0.15) is 13.2 Å². The van der Waals surface area contributed by atoms with Crippen molar-refractivity contribution in [1.29, 1.82) is 0 Å². The third-order valence-electron chi connectivity index (χ3n) is 14.3. The number of hydrogen-bond acceptors (Lipinski definition) is 6. The molecule has 0 saturated heterocycles. The first-order chi connectivity index (χ1) is 36.0. The first kappa shape index (κ1) is 70.4. The van der Waals surface area contributed by atoms with Gasteiger partial charge in [0.15, 0.2) is 6.10 Å². The number of ether oxygens (including phenoxy) is 3. The van der Waals surface area contributed by atoms with Crippen LogP contribution in [0.3, 0.4) is 0 Å². The minimum absolute atomic E-state index is 0.0680. The third kappa shape index (κ3) is 60.1. The molecule has 0 heterocycles. The van der Waals surface area contributed by atoms with Gasteiger partial charge in [-0.3, -0.25) is 14.4 Å². The minimum atomic E-state index is -0.767. The van der Waals surface area contributed by atoms with Gasteiger partial charge in [0.05, 0.1) is 0 Å². The molecule has 6 heteroatoms. The summed E-state index contributed by atoms with van der Waals surface area (Å²) in [6.07, 6.45) is 77.2. The number of allylic oxidation sites excluding steroid dienone is 8. The van der Waals surface area contributed by atoms with E-state index in [1.807, 2.05) is 0 Å². The smallest absolute Gasteiger partial charge is 0.306 e. The molecule has 0 bridgehead atoms. The summed E-state index contributed by atoms with van der Waals surface area (Å²) < 4.78 is 16.9. The highest BCUT2D eigenvalue weighted by atomic mass is 16.6. The summed E-state index contributed by atoms with van der Waals surface area (Å²) in [5.41, 5.74) is 0. The van der Waals surface area contributed by atoms with E-state index in [1.54, 1.807) is 0 Å². The van der Waals surface area contributed by atoms with Crippen molar-refractivity contribution in [3.8, 4) is 0 Å². The van der Waals surface area contributed by atoms with Crippen LogP contribution in [-0.4, -0.2) is 37.2 Å². The Morgan fingerprint density at radius 3 is 0.836 bits per heavy atom. The summed E-state index contributed by atoms with van der Waals surface area (Å²) in [6.45, 7) is 6.54. The van der Waals surface area contributed by atoms with Gasteiger partial charge in [0.2, 0.25) is 0 Å². The number of hydrogen-bond donors (Lipinski definition) is 0. The summed E-state index contributed by atoms with van der Waals surface area (Å²) in [6, 6.07) is 0. The Balaban J connectivity index is 4.07. The van der Waals surface area contributed by atoms with Gasteiger partial charge in [0.25, 0.3) is 0 Å². The van der Waals surface area contributed by atoms with Crippen molar-refractivity contribution in [1.82, 2.24) is 0 Å². The highest BCUT2D eigenvalue weighted by Gasteiger charge is 2.19. The fourth-order valence-electron chi connectivity index (χ4n) is 9.56. The normalized spacial score (nSPS) is 12.3. The second-order valence-electron chi connectivity index (χ2n) is 21.7. The van der Waals surface area contributed by atoms with Gasteiger partial charge in [-0.2, -0.15) is 0 Å². The van der Waals surface area contributed by atoms with Crippen LogP contribution in [0.4, 0.5) is 0 Å². The molecule has 0 aliphatic heterocycles. The largest absolute Gasteiger partial charge is 0.462 e. The molecule has 0 aliphatic carbocycles. The fraction of sp³-hybridized carbons (Fsp3) is 0.836. The van der Waals surface area contributed by atoms with Crippen LogP contribution < -0.4 is 0 Å². The Labute approximate surface area is 454 Å². The molecule has 0 rings (SSSR count). The predicted molar refractivity (Wildman–Crippen MR) is 316 cm³/mol. The molecule has 0 saturated carbocycles. The minimum Gasteiger partial charge on any atom is -0.462 e. The molecule has 0 aromatic carbocycles. The van der Waals surface area contributed by atoms with Crippen LogP contribution in [0.25, 0.3) is 0 Å². The number of carbonyl (C=O) groups is 3. The molecule has 0 fully saturated rings. The first-order valence-electron chi connectivity index (χ1n) is 32.1. The van der Waals surface area contributed by atoms with E-state index in [0.29, 0.717) is 19.3 Å². The zero-order chi connectivity index (χ0) is 52.9. The second-order valence-corrected chi connectivity index (χ2v) is 21.7. The van der Waals surface area contributed by atoms with Crippen molar-refractivity contribution >= 4 is 17.9 Å². The Kier molecular flexibility index (Phi) is 59.7. The van der Waals surface area contributed by atoms with E-state index >= 15 is 0 Å². The Morgan fingerprint density at radius 2 is 0.534 bits per heavy atom. The van der Waals surface area contributed by atoms with E-state index in [-0.39, 0.29) is 31.1 Å². The molecule has 0 spiro atoms. The molecule has 0 amide bonds. The maximum absolute atomic E-state index is 12.9. The van der Waals surface area contributed by atoms with Crippen molar-refractivity contribution in [3.63, 3.8) is 0 Å². The lowest BCUT2D eigenvalue weighted by Gasteiger charge is -2.18. The summed E-state index contributed by atoms with van der Waals surface area (Å²) >= 11 is 0. The molecule has 426 valence electrons. The van der Waals surface area contributed by atoms with Crippen LogP contribution in [0.5, 0.6) is 0 Å². The first-order valence-corrected chi connectivity index (χ1v) is 32.1. The molecule has 0 aromatic heterocycles. The summed E-state index contributed by atoms with van der Waals surface area (Å²) in [5.74, 6) is -0.854. The van der Waals surface area contributed by atoms with Crippen molar-refractivity contribution < 1.29 is 28.6 Å². The fourth-order valence-corrected chi connectivity index (χ4v) is 9.56. The Morgan fingerprint density at radius 1 is 0.288 bits per heavy atom. The molecular formula is C67H122O6. The number of unbranched alkanes of at least 4 members (excludes halogenated alkanes) is 40. The lowest BCUT2D eigenvalue weighted by atomic mass is 10.0. The van der Waals surface area contributed by atoms with Crippen LogP contribution in [-0.2, 0) is 28.6 Å². The molecule has 0 N–H and O–H groups in total. The molecule has 6 nitrogen and oxygen atoms in total. The summed E-state index contributed by atoms with van der Waals surface area (Å²) in [5, 5.41) is 0. The van der Waals surface area contributed by atoms with Crippen molar-refractivity contribution in [2.75, 3.05) is 13.2 Å². The van der Waals surface area contributed by atoms with Crippen LogP contribution in [0.2, 0.25) is 0 Å². The van der Waals surface area contributed by atoms with Crippen LogP contribution in [0, 0.1) is 0 Å². The SMILES string of the molecule is CC/C=C\C/C=C\C/C=C\C/C=C\CCCCCCCCCCCCCCCCC(=O)OCC(COC(=O)CCCCCCCCC)OC(=O)CCCCCCCCCCCCCCCCCCCCCCC. The van der Waals surface area contributed by atoms with E-state index in [2.05, 4.69) is 69.4 Å². The van der Waals surface area contributed by atoms with Crippen LogP contribution >= 0.6 is 0 Å². The predicted octanol–water partition coefficient (Wildman–Crippen LogP) is 21.8. The average Bonchev–Trinajstić information content (AvgIpc) is 3.39. The summed E-state index contributed by atoms with van der Waals surface area (Å²) in [7, 11) is 0. The van der Waals surface area contributed by atoms with Gasteiger partial charge < -0.3 is 14.2 Å². The molecule has 0 aliphatic rings. The van der Waals surface area contributed by atoms with E-state index < -0.39 is 6.10 Å². The molecule has 0 aromatic rings. The van der Waals surface area contributed by atoms with Gasteiger partial charge in [-0.25, -0.2) is 0 Å². The van der Waals surface area contributed by atoms with E-state index in [4.69, 9.17) is 14.2 Å². The number of carbonyl (C=O) groups excluding carboxylic acids is 3.